The lowest BCUT2D eigenvalue weighted by Gasteiger charge is -2.07. The number of carbonyl (C=O) groups excluding carboxylic acids is 2. The molecule has 0 amide bonds. The summed E-state index contributed by atoms with van der Waals surface area (Å²) >= 11 is 6.55. The molecule has 0 aliphatic heterocycles. The second-order valence-electron chi connectivity index (χ2n) is 4.98. The summed E-state index contributed by atoms with van der Waals surface area (Å²) < 4.78 is 10.0. The molecule has 1 heterocycles. The number of benzene rings is 1. The number of nitro benzene ring substituents is 1. The molecule has 2 rings (SSSR count). The Morgan fingerprint density at radius 1 is 1.37 bits per heavy atom. The number of hydrogen-bond acceptors (Lipinski definition) is 9. The number of nitrogens with two attached hydrogens (primary N) is 1. The first kappa shape index (κ1) is 20.2. The van der Waals surface area contributed by atoms with Crippen LogP contribution in [0.25, 0.3) is 0 Å². The first-order chi connectivity index (χ1) is 12.8. The maximum atomic E-state index is 12.2. The largest absolute Gasteiger partial charge is 0.462 e. The first-order valence-electron chi connectivity index (χ1n) is 7.39. The average Bonchev–Trinajstić information content (AvgIpc) is 2.95. The highest BCUT2D eigenvalue weighted by Gasteiger charge is 2.24. The zero-order valence-electron chi connectivity index (χ0n) is 13.9. The van der Waals surface area contributed by atoms with Crippen molar-refractivity contribution in [3.63, 3.8) is 0 Å². The normalized spacial score (nSPS) is 10.1. The minimum atomic E-state index is -0.891. The fourth-order valence-corrected chi connectivity index (χ4v) is 3.21. The summed E-state index contributed by atoms with van der Waals surface area (Å²) in [7, 11) is 0. The van der Waals surface area contributed by atoms with Crippen molar-refractivity contribution in [1.82, 2.24) is 0 Å². The van der Waals surface area contributed by atoms with Crippen molar-refractivity contribution in [1.29, 1.82) is 5.26 Å². The zero-order valence-corrected chi connectivity index (χ0v) is 15.4. The molecule has 2 N–H and O–H groups in total. The minimum absolute atomic E-state index is 0.0120. The Morgan fingerprint density at radius 2 is 2.07 bits per heavy atom. The molecule has 27 heavy (non-hydrogen) atoms. The predicted octanol–water partition coefficient (Wildman–Crippen LogP) is 3.30. The van der Waals surface area contributed by atoms with Crippen LogP contribution in [0, 0.1) is 21.4 Å². The molecule has 0 radical (unpaired) electrons. The Morgan fingerprint density at radius 3 is 2.67 bits per heavy atom. The van der Waals surface area contributed by atoms with E-state index in [0.717, 1.165) is 17.4 Å². The summed E-state index contributed by atoms with van der Waals surface area (Å²) in [5.41, 5.74) is 5.31. The lowest BCUT2D eigenvalue weighted by atomic mass is 10.1. The van der Waals surface area contributed by atoms with Gasteiger partial charge in [-0.2, -0.15) is 5.26 Å². The van der Waals surface area contributed by atoms with Gasteiger partial charge in [0.2, 0.25) is 0 Å². The number of halogens is 1. The minimum Gasteiger partial charge on any atom is -0.462 e. The smallest absolute Gasteiger partial charge is 0.348 e. The molecule has 1 aromatic heterocycles. The zero-order chi connectivity index (χ0) is 20.1. The Labute approximate surface area is 162 Å². The van der Waals surface area contributed by atoms with Gasteiger partial charge in [0.25, 0.3) is 5.69 Å². The van der Waals surface area contributed by atoms with E-state index in [1.807, 2.05) is 6.07 Å². The fourth-order valence-electron chi connectivity index (χ4n) is 2.11. The highest BCUT2D eigenvalue weighted by atomic mass is 35.5. The highest BCUT2D eigenvalue weighted by Crippen LogP contribution is 2.32. The molecule has 11 heteroatoms. The molecule has 0 saturated carbocycles. The van der Waals surface area contributed by atoms with Crippen molar-refractivity contribution in [3.8, 4) is 6.07 Å². The maximum Gasteiger partial charge on any atom is 0.348 e. The Kier molecular flexibility index (Phi) is 6.33. The van der Waals surface area contributed by atoms with E-state index in [9.17, 15) is 25.0 Å². The molecule has 0 fully saturated rings. The summed E-state index contributed by atoms with van der Waals surface area (Å²) in [5.74, 6) is -1.58. The number of nitriles is 1. The summed E-state index contributed by atoms with van der Waals surface area (Å²) in [4.78, 5) is 34.5. The molecule has 0 atom stereocenters. The van der Waals surface area contributed by atoms with E-state index in [-0.39, 0.29) is 38.2 Å². The molecule has 1 aromatic carbocycles. The molecule has 0 aliphatic rings. The van der Waals surface area contributed by atoms with Gasteiger partial charge in [-0.3, -0.25) is 10.1 Å². The van der Waals surface area contributed by atoms with Crippen LogP contribution < -0.4 is 5.73 Å². The number of esters is 2. The molecular formula is C16H12ClN3O6S. The van der Waals surface area contributed by atoms with E-state index in [2.05, 4.69) is 0 Å². The maximum absolute atomic E-state index is 12.2. The SMILES string of the molecule is CCOC(=O)c1sc(N)c(C#N)c1COC(=O)c1ccc(Cl)c([N+](=O)[O-])c1. The van der Waals surface area contributed by atoms with Crippen LogP contribution in [0.5, 0.6) is 0 Å². The highest BCUT2D eigenvalue weighted by molar-refractivity contribution is 7.18. The molecular weight excluding hydrogens is 398 g/mol. The van der Waals surface area contributed by atoms with Gasteiger partial charge in [-0.1, -0.05) is 11.6 Å². The van der Waals surface area contributed by atoms with Gasteiger partial charge in [0.1, 0.15) is 27.6 Å². The Bertz CT molecular complexity index is 966. The van der Waals surface area contributed by atoms with Crippen LogP contribution in [0.3, 0.4) is 0 Å². The van der Waals surface area contributed by atoms with E-state index in [4.69, 9.17) is 26.8 Å². The number of nitrogen functional groups attached to an aromatic ring is 1. The quantitative estimate of drug-likeness (QED) is 0.434. The summed E-state index contributed by atoms with van der Waals surface area (Å²) in [6, 6.07) is 5.29. The molecule has 0 unspecified atom stereocenters. The van der Waals surface area contributed by atoms with Crippen molar-refractivity contribution in [2.24, 2.45) is 0 Å². The number of hydrogen-bond donors (Lipinski definition) is 1. The molecule has 0 saturated heterocycles. The van der Waals surface area contributed by atoms with E-state index in [0.29, 0.717) is 0 Å². The Hall–Kier alpha value is -3.16. The molecule has 2 aromatic rings. The van der Waals surface area contributed by atoms with E-state index >= 15 is 0 Å². The van der Waals surface area contributed by atoms with Crippen molar-refractivity contribution in [3.05, 3.63) is 54.9 Å². The standard InChI is InChI=1S/C16H12ClN3O6S/c1-2-25-16(22)13-10(9(6-18)14(19)27-13)7-26-15(21)8-3-4-11(17)12(5-8)20(23)24/h3-5H,2,7,19H2,1H3. The monoisotopic (exact) mass is 409 g/mol. The van der Waals surface area contributed by atoms with Crippen LogP contribution in [-0.4, -0.2) is 23.5 Å². The van der Waals surface area contributed by atoms with Crippen LogP contribution in [0.15, 0.2) is 18.2 Å². The van der Waals surface area contributed by atoms with Crippen LogP contribution in [0.2, 0.25) is 5.02 Å². The first-order valence-corrected chi connectivity index (χ1v) is 8.59. The third-order valence-corrected chi connectivity index (χ3v) is 4.69. The third-order valence-electron chi connectivity index (χ3n) is 3.33. The second-order valence-corrected chi connectivity index (χ2v) is 6.44. The summed E-state index contributed by atoms with van der Waals surface area (Å²) in [5, 5.41) is 20.1. The number of anilines is 1. The topological polar surface area (TPSA) is 146 Å². The number of thiophene rings is 1. The van der Waals surface area contributed by atoms with Gasteiger partial charge in [-0.25, -0.2) is 9.59 Å². The van der Waals surface area contributed by atoms with Crippen LogP contribution in [0.4, 0.5) is 10.7 Å². The van der Waals surface area contributed by atoms with Gasteiger partial charge in [0.05, 0.1) is 22.7 Å². The van der Waals surface area contributed by atoms with E-state index in [1.54, 1.807) is 6.92 Å². The van der Waals surface area contributed by atoms with Crippen molar-refractivity contribution in [2.75, 3.05) is 12.3 Å². The second kappa shape index (κ2) is 8.48. The van der Waals surface area contributed by atoms with Crippen LogP contribution >= 0.6 is 22.9 Å². The number of ether oxygens (including phenoxy) is 2. The summed E-state index contributed by atoms with van der Waals surface area (Å²) in [6.45, 7) is 1.30. The van der Waals surface area contributed by atoms with Gasteiger partial charge < -0.3 is 15.2 Å². The van der Waals surface area contributed by atoms with Gasteiger partial charge >= 0.3 is 11.9 Å². The number of carbonyl (C=O) groups is 2. The van der Waals surface area contributed by atoms with Crippen molar-refractivity contribution in [2.45, 2.75) is 13.5 Å². The van der Waals surface area contributed by atoms with E-state index < -0.39 is 29.2 Å². The van der Waals surface area contributed by atoms with Gasteiger partial charge in [0, 0.05) is 11.6 Å². The lowest BCUT2D eigenvalue weighted by Crippen LogP contribution is -2.10. The van der Waals surface area contributed by atoms with E-state index in [1.165, 1.54) is 12.1 Å². The van der Waals surface area contributed by atoms with Crippen molar-refractivity contribution >= 4 is 45.6 Å². The molecule has 0 bridgehead atoms. The number of rotatable bonds is 6. The molecule has 9 nitrogen and oxygen atoms in total. The average molecular weight is 410 g/mol. The van der Waals surface area contributed by atoms with Crippen LogP contribution in [-0.2, 0) is 16.1 Å². The predicted molar refractivity (Wildman–Crippen MR) is 96.6 cm³/mol. The fraction of sp³-hybridized carbons (Fsp3) is 0.188. The number of nitrogens with zero attached hydrogens (tertiary/aromatic N) is 2. The van der Waals surface area contributed by atoms with Gasteiger partial charge in [-0.05, 0) is 19.1 Å². The lowest BCUT2D eigenvalue weighted by molar-refractivity contribution is -0.384. The summed E-state index contributed by atoms with van der Waals surface area (Å²) in [6.07, 6.45) is 0. The molecule has 0 spiro atoms. The third kappa shape index (κ3) is 4.33. The Balaban J connectivity index is 2.27. The number of nitro groups is 1. The van der Waals surface area contributed by atoms with Gasteiger partial charge in [-0.15, -0.1) is 11.3 Å². The van der Waals surface area contributed by atoms with Crippen molar-refractivity contribution < 1.29 is 24.0 Å². The molecule has 0 aliphatic carbocycles. The molecule has 140 valence electrons. The van der Waals surface area contributed by atoms with Crippen LogP contribution in [0.1, 0.15) is 38.1 Å². The van der Waals surface area contributed by atoms with Gasteiger partial charge in [0.15, 0.2) is 0 Å².